The second-order valence-electron chi connectivity index (χ2n) is 4.57. The van der Waals surface area contributed by atoms with Crippen molar-refractivity contribution in [2.24, 2.45) is 0 Å². The van der Waals surface area contributed by atoms with Crippen LogP contribution in [0.4, 0.5) is 0 Å². The van der Waals surface area contributed by atoms with Gasteiger partial charge in [0.2, 0.25) is 0 Å². The number of likely N-dealkylation sites (tertiary alicyclic amines) is 1. The van der Waals surface area contributed by atoms with Gasteiger partial charge in [0, 0.05) is 13.1 Å². The standard InChI is InChI=1S/C13H17NO3/c1-9-4-5-11(12(16)7-9)13(17)14-6-2-3-10(15)8-14/h4-5,7,10,15-16H,2-3,6,8H2,1H3. The minimum atomic E-state index is -0.444. The fourth-order valence-corrected chi connectivity index (χ4v) is 2.13. The molecule has 0 aliphatic carbocycles. The molecule has 1 aromatic rings. The lowest BCUT2D eigenvalue weighted by Crippen LogP contribution is -2.42. The molecule has 0 spiro atoms. The average Bonchev–Trinajstić information content (AvgIpc) is 2.28. The molecule has 0 radical (unpaired) electrons. The maximum Gasteiger partial charge on any atom is 0.257 e. The number of aryl methyl sites for hydroxylation is 1. The van der Waals surface area contributed by atoms with E-state index in [1.807, 2.05) is 6.92 Å². The molecule has 1 fully saturated rings. The molecule has 1 aliphatic heterocycles. The molecular weight excluding hydrogens is 218 g/mol. The molecule has 1 aliphatic rings. The van der Waals surface area contributed by atoms with Crippen molar-refractivity contribution in [1.29, 1.82) is 0 Å². The summed E-state index contributed by atoms with van der Waals surface area (Å²) in [7, 11) is 0. The summed E-state index contributed by atoms with van der Waals surface area (Å²) in [5, 5.41) is 19.3. The van der Waals surface area contributed by atoms with Gasteiger partial charge in [0.05, 0.1) is 11.7 Å². The van der Waals surface area contributed by atoms with Gasteiger partial charge < -0.3 is 15.1 Å². The Morgan fingerprint density at radius 3 is 2.88 bits per heavy atom. The predicted molar refractivity (Wildman–Crippen MR) is 64.0 cm³/mol. The number of piperidine rings is 1. The molecule has 1 unspecified atom stereocenters. The van der Waals surface area contributed by atoms with Gasteiger partial charge in [-0.25, -0.2) is 0 Å². The summed E-state index contributed by atoms with van der Waals surface area (Å²) in [6.07, 6.45) is 1.10. The Hall–Kier alpha value is -1.55. The number of amides is 1. The number of β-amino-alcohol motifs (C(OH)–C–C–N with tert-alkyl or cyclic N) is 1. The molecule has 2 rings (SSSR count). The van der Waals surface area contributed by atoms with Gasteiger partial charge in [0.1, 0.15) is 5.75 Å². The minimum absolute atomic E-state index is 0.00932. The zero-order valence-electron chi connectivity index (χ0n) is 9.89. The number of benzene rings is 1. The van der Waals surface area contributed by atoms with Crippen LogP contribution in [0.2, 0.25) is 0 Å². The van der Waals surface area contributed by atoms with Gasteiger partial charge in [-0.15, -0.1) is 0 Å². The number of phenols is 1. The maximum atomic E-state index is 12.1. The first-order valence-electron chi connectivity index (χ1n) is 5.85. The van der Waals surface area contributed by atoms with Crippen molar-refractivity contribution in [2.75, 3.05) is 13.1 Å². The van der Waals surface area contributed by atoms with Crippen molar-refractivity contribution < 1.29 is 15.0 Å². The van der Waals surface area contributed by atoms with Gasteiger partial charge in [-0.05, 0) is 37.5 Å². The van der Waals surface area contributed by atoms with Crippen molar-refractivity contribution in [1.82, 2.24) is 4.90 Å². The van der Waals surface area contributed by atoms with Crippen LogP contribution in [-0.4, -0.2) is 40.2 Å². The lowest BCUT2D eigenvalue weighted by Gasteiger charge is -2.30. The van der Waals surface area contributed by atoms with Gasteiger partial charge in [-0.1, -0.05) is 6.07 Å². The maximum absolute atomic E-state index is 12.1. The summed E-state index contributed by atoms with van der Waals surface area (Å²) in [6, 6.07) is 5.01. The summed E-state index contributed by atoms with van der Waals surface area (Å²) in [4.78, 5) is 13.7. The van der Waals surface area contributed by atoms with Crippen LogP contribution in [0.3, 0.4) is 0 Å². The predicted octanol–water partition coefficient (Wildman–Crippen LogP) is 1.30. The molecular formula is C13H17NO3. The van der Waals surface area contributed by atoms with Gasteiger partial charge in [0.15, 0.2) is 0 Å². The van der Waals surface area contributed by atoms with E-state index in [0.29, 0.717) is 18.7 Å². The summed E-state index contributed by atoms with van der Waals surface area (Å²) in [5.41, 5.74) is 1.22. The number of aliphatic hydroxyl groups excluding tert-OH is 1. The summed E-state index contributed by atoms with van der Waals surface area (Å²) < 4.78 is 0. The van der Waals surface area contributed by atoms with Gasteiger partial charge >= 0.3 is 0 Å². The highest BCUT2D eigenvalue weighted by atomic mass is 16.3. The van der Waals surface area contributed by atoms with E-state index in [1.165, 1.54) is 0 Å². The van der Waals surface area contributed by atoms with Crippen molar-refractivity contribution in [3.8, 4) is 5.75 Å². The molecule has 0 saturated carbocycles. The second-order valence-corrected chi connectivity index (χ2v) is 4.57. The highest BCUT2D eigenvalue weighted by Crippen LogP contribution is 2.22. The van der Waals surface area contributed by atoms with Gasteiger partial charge in [-0.3, -0.25) is 4.79 Å². The molecule has 1 heterocycles. The molecule has 1 aromatic carbocycles. The molecule has 92 valence electrons. The van der Waals surface area contributed by atoms with E-state index in [2.05, 4.69) is 0 Å². The molecule has 1 saturated heterocycles. The van der Waals surface area contributed by atoms with Crippen LogP contribution in [0.1, 0.15) is 28.8 Å². The minimum Gasteiger partial charge on any atom is -0.507 e. The topological polar surface area (TPSA) is 60.8 Å². The monoisotopic (exact) mass is 235 g/mol. The van der Waals surface area contributed by atoms with E-state index in [-0.39, 0.29) is 11.7 Å². The number of rotatable bonds is 1. The molecule has 17 heavy (non-hydrogen) atoms. The molecule has 1 amide bonds. The largest absolute Gasteiger partial charge is 0.507 e. The average molecular weight is 235 g/mol. The third-order valence-electron chi connectivity index (χ3n) is 3.07. The number of aromatic hydroxyl groups is 1. The van der Waals surface area contributed by atoms with E-state index in [0.717, 1.165) is 18.4 Å². The van der Waals surface area contributed by atoms with E-state index in [1.54, 1.807) is 23.1 Å². The highest BCUT2D eigenvalue weighted by molar-refractivity contribution is 5.97. The van der Waals surface area contributed by atoms with E-state index >= 15 is 0 Å². The number of phenolic OH excluding ortho intramolecular Hbond substituents is 1. The summed E-state index contributed by atoms with van der Waals surface area (Å²) in [5.74, 6) is -0.198. The van der Waals surface area contributed by atoms with Crippen LogP contribution >= 0.6 is 0 Å². The smallest absolute Gasteiger partial charge is 0.257 e. The number of carbonyl (C=O) groups excluding carboxylic acids is 1. The zero-order valence-corrected chi connectivity index (χ0v) is 9.89. The Bertz CT molecular complexity index is 431. The van der Waals surface area contributed by atoms with Crippen molar-refractivity contribution in [2.45, 2.75) is 25.9 Å². The van der Waals surface area contributed by atoms with Crippen LogP contribution in [0, 0.1) is 6.92 Å². The van der Waals surface area contributed by atoms with Crippen LogP contribution in [0.5, 0.6) is 5.75 Å². The fourth-order valence-electron chi connectivity index (χ4n) is 2.13. The van der Waals surface area contributed by atoms with Crippen LogP contribution in [0.25, 0.3) is 0 Å². The van der Waals surface area contributed by atoms with Crippen molar-refractivity contribution in [3.05, 3.63) is 29.3 Å². The normalized spacial score (nSPS) is 20.4. The molecule has 4 nitrogen and oxygen atoms in total. The fraction of sp³-hybridized carbons (Fsp3) is 0.462. The Balaban J connectivity index is 2.18. The van der Waals surface area contributed by atoms with E-state index < -0.39 is 6.10 Å². The third kappa shape index (κ3) is 2.58. The van der Waals surface area contributed by atoms with Gasteiger partial charge in [0.25, 0.3) is 5.91 Å². The quantitative estimate of drug-likeness (QED) is 0.771. The molecule has 0 bridgehead atoms. The van der Waals surface area contributed by atoms with Crippen LogP contribution in [-0.2, 0) is 0 Å². The van der Waals surface area contributed by atoms with E-state index in [9.17, 15) is 15.0 Å². The third-order valence-corrected chi connectivity index (χ3v) is 3.07. The molecule has 4 heteroatoms. The number of aliphatic hydroxyl groups is 1. The summed E-state index contributed by atoms with van der Waals surface area (Å²) in [6.45, 7) is 2.86. The number of nitrogens with zero attached hydrogens (tertiary/aromatic N) is 1. The number of hydrogen-bond acceptors (Lipinski definition) is 3. The lowest BCUT2D eigenvalue weighted by molar-refractivity contribution is 0.0471. The Labute approximate surface area is 100 Å². The Kier molecular flexibility index (Phi) is 3.33. The van der Waals surface area contributed by atoms with E-state index in [4.69, 9.17) is 0 Å². The van der Waals surface area contributed by atoms with Crippen LogP contribution < -0.4 is 0 Å². The second kappa shape index (κ2) is 4.75. The highest BCUT2D eigenvalue weighted by Gasteiger charge is 2.24. The molecule has 0 aromatic heterocycles. The Morgan fingerprint density at radius 2 is 2.24 bits per heavy atom. The first-order chi connectivity index (χ1) is 8.08. The first kappa shape index (κ1) is 11.9. The first-order valence-corrected chi connectivity index (χ1v) is 5.85. The lowest BCUT2D eigenvalue weighted by atomic mass is 10.1. The molecule has 1 atom stereocenters. The number of carbonyl (C=O) groups is 1. The number of hydrogen-bond donors (Lipinski definition) is 2. The van der Waals surface area contributed by atoms with Crippen LogP contribution in [0.15, 0.2) is 18.2 Å². The van der Waals surface area contributed by atoms with Crippen molar-refractivity contribution in [3.63, 3.8) is 0 Å². The van der Waals surface area contributed by atoms with Crippen molar-refractivity contribution >= 4 is 5.91 Å². The Morgan fingerprint density at radius 1 is 1.47 bits per heavy atom. The SMILES string of the molecule is Cc1ccc(C(=O)N2CCCC(O)C2)c(O)c1. The summed E-state index contributed by atoms with van der Waals surface area (Å²) >= 11 is 0. The van der Waals surface area contributed by atoms with Gasteiger partial charge in [-0.2, -0.15) is 0 Å². The molecule has 2 N–H and O–H groups in total. The zero-order chi connectivity index (χ0) is 12.4.